The van der Waals surface area contributed by atoms with Crippen molar-refractivity contribution in [3.8, 4) is 0 Å². The van der Waals surface area contributed by atoms with Gasteiger partial charge in [0, 0.05) is 12.8 Å². The lowest BCUT2D eigenvalue weighted by molar-refractivity contribution is -0.870. The summed E-state index contributed by atoms with van der Waals surface area (Å²) in [6, 6.07) is -0.867. The van der Waals surface area contributed by atoms with Crippen molar-refractivity contribution in [2.24, 2.45) is 0 Å². The van der Waals surface area contributed by atoms with Gasteiger partial charge in [-0.15, -0.1) is 0 Å². The third-order valence-electron chi connectivity index (χ3n) is 11.8. The Hall–Kier alpha value is -2.81. The fourth-order valence-electron chi connectivity index (χ4n) is 7.50. The number of hydrogen-bond donors (Lipinski definition) is 2. The molecule has 0 heterocycles. The molecule has 0 bridgehead atoms. The van der Waals surface area contributed by atoms with Gasteiger partial charge in [-0.05, 0) is 51.0 Å². The monoisotopic (exact) mass is 972 g/mol. The first-order valence-corrected chi connectivity index (χ1v) is 29.0. The van der Waals surface area contributed by atoms with Gasteiger partial charge in [0.15, 0.2) is 0 Å². The summed E-state index contributed by atoms with van der Waals surface area (Å²) in [7, 11) is 1.46. The third-order valence-corrected chi connectivity index (χ3v) is 12.7. The second-order valence-electron chi connectivity index (χ2n) is 19.5. The number of unbranched alkanes of at least 4 members (excludes halogenated alkanes) is 25. The smallest absolute Gasteiger partial charge is 0.456 e. The third kappa shape index (κ3) is 48.2. The Morgan fingerprint density at radius 1 is 0.529 bits per heavy atom. The van der Waals surface area contributed by atoms with Crippen molar-refractivity contribution in [3.63, 3.8) is 0 Å². The maximum atomic E-state index is 13.5. The number of rotatable bonds is 48. The highest BCUT2D eigenvalue weighted by molar-refractivity contribution is 7.47. The Bertz CT molecular complexity index is 1440. The molecule has 0 aliphatic rings. The van der Waals surface area contributed by atoms with Crippen molar-refractivity contribution in [1.29, 1.82) is 0 Å². The van der Waals surface area contributed by atoms with Crippen LogP contribution in [0.5, 0.6) is 0 Å². The molecule has 9 nitrogen and oxygen atoms in total. The molecule has 0 saturated heterocycles. The Balaban J connectivity index is 5.49. The molecule has 10 heteroatoms. The number of quaternary nitrogens is 1. The molecule has 0 spiro atoms. The molecule has 0 aliphatic carbocycles. The van der Waals surface area contributed by atoms with Crippen molar-refractivity contribution < 1.29 is 37.3 Å². The second-order valence-corrected chi connectivity index (χ2v) is 21.0. The molecule has 0 aliphatic heterocycles. The van der Waals surface area contributed by atoms with E-state index in [2.05, 4.69) is 38.2 Å². The molecule has 392 valence electrons. The zero-order valence-electron chi connectivity index (χ0n) is 44.6. The average Bonchev–Trinajstić information content (AvgIpc) is 3.29. The Morgan fingerprint density at radius 2 is 0.941 bits per heavy atom. The number of carbonyl (C=O) groups is 2. The Morgan fingerprint density at radius 3 is 1.43 bits per heavy atom. The molecular weight excluding hydrogens is 868 g/mol. The van der Waals surface area contributed by atoms with Gasteiger partial charge in [0.05, 0.1) is 33.8 Å². The van der Waals surface area contributed by atoms with E-state index < -0.39 is 20.0 Å². The summed E-state index contributed by atoms with van der Waals surface area (Å²) in [4.78, 5) is 37.5. The maximum Gasteiger partial charge on any atom is 0.472 e. The number of esters is 1. The second kappa shape index (κ2) is 47.8. The molecule has 0 aromatic heterocycles. The van der Waals surface area contributed by atoms with Crippen LogP contribution in [0.2, 0.25) is 0 Å². The lowest BCUT2D eigenvalue weighted by Crippen LogP contribution is -2.47. The van der Waals surface area contributed by atoms with Crippen LogP contribution in [-0.2, 0) is 27.9 Å². The number of carbonyl (C=O) groups excluding carboxylic acids is 2. The zero-order valence-corrected chi connectivity index (χ0v) is 45.5. The first kappa shape index (κ1) is 65.2. The van der Waals surface area contributed by atoms with E-state index in [4.69, 9.17) is 13.8 Å². The van der Waals surface area contributed by atoms with Crippen molar-refractivity contribution in [2.75, 3.05) is 40.9 Å². The molecule has 2 N–H and O–H groups in total. The van der Waals surface area contributed by atoms with Crippen molar-refractivity contribution in [1.82, 2.24) is 5.32 Å². The number of phosphoric ester groups is 1. The molecule has 3 unspecified atom stereocenters. The quantitative estimate of drug-likeness (QED) is 0.0156. The van der Waals surface area contributed by atoms with Crippen LogP contribution in [0.1, 0.15) is 220 Å². The predicted octanol–water partition coefficient (Wildman–Crippen LogP) is 16.3. The van der Waals surface area contributed by atoms with Crippen molar-refractivity contribution >= 4 is 19.7 Å². The normalized spacial score (nSPS) is 14.5. The van der Waals surface area contributed by atoms with Gasteiger partial charge >= 0.3 is 13.8 Å². The highest BCUT2D eigenvalue weighted by Gasteiger charge is 2.30. The molecule has 68 heavy (non-hydrogen) atoms. The van der Waals surface area contributed by atoms with Crippen molar-refractivity contribution in [3.05, 3.63) is 85.1 Å². The Labute approximate surface area is 418 Å². The summed E-state index contributed by atoms with van der Waals surface area (Å²) in [5.74, 6) is -0.559. The van der Waals surface area contributed by atoms with E-state index in [0.717, 1.165) is 64.2 Å². The van der Waals surface area contributed by atoms with E-state index in [1.165, 1.54) is 116 Å². The van der Waals surface area contributed by atoms with E-state index in [9.17, 15) is 19.0 Å². The van der Waals surface area contributed by atoms with Gasteiger partial charge in [0.2, 0.25) is 5.91 Å². The van der Waals surface area contributed by atoms with E-state index in [1.54, 1.807) is 0 Å². The van der Waals surface area contributed by atoms with Crippen LogP contribution in [-0.4, -0.2) is 74.3 Å². The fraction of sp³-hybridized carbons (Fsp3) is 0.724. The minimum absolute atomic E-state index is 0.0299. The molecule has 3 atom stereocenters. The van der Waals surface area contributed by atoms with Gasteiger partial charge in [-0.2, -0.15) is 0 Å². The molecule has 0 saturated carbocycles. The van der Waals surface area contributed by atoms with Gasteiger partial charge in [-0.25, -0.2) is 4.57 Å². The minimum atomic E-state index is -4.45. The van der Waals surface area contributed by atoms with Crippen LogP contribution >= 0.6 is 7.82 Å². The molecule has 0 radical (unpaired) electrons. The molecule has 0 aromatic carbocycles. The standard InChI is InChI=1S/C58H103N2O7P/c1-7-10-13-16-19-22-25-28-29-30-31-33-36-39-42-45-48-51-58(62)67-56(49-46-43-40-37-34-27-24-21-18-15-12-9-3)55(54-66-68(63,64)65-53-52-60(4,5)6)59-57(61)50-47-44-41-38-35-32-26-23-20-17-14-11-8-2/h10,13,16,19,22,25,28-31,33,36,46,49,55-56H,7-9,11-12,14-15,17-18,20-21,23-24,26-27,32,34-35,37-45,47-48,50-54H2,1-6H3,(H-,59,61,63,64)/p+1/b13-10-,19-16+,25-22+,29-28-,31-30+,36-33+,49-46+. The first-order chi connectivity index (χ1) is 32.9. The lowest BCUT2D eigenvalue weighted by Gasteiger charge is -2.27. The summed E-state index contributed by atoms with van der Waals surface area (Å²) in [5, 5.41) is 3.03. The number of likely N-dealkylation sites (N-methyl/N-ethyl adjacent to an activating group) is 1. The summed E-state index contributed by atoms with van der Waals surface area (Å²) in [6.45, 7) is 6.82. The highest BCUT2D eigenvalue weighted by atomic mass is 31.2. The van der Waals surface area contributed by atoms with Gasteiger partial charge in [-0.1, -0.05) is 241 Å². The van der Waals surface area contributed by atoms with E-state index in [0.29, 0.717) is 23.9 Å². The van der Waals surface area contributed by atoms with Gasteiger partial charge in [-0.3, -0.25) is 18.6 Å². The van der Waals surface area contributed by atoms with Crippen molar-refractivity contribution in [2.45, 2.75) is 232 Å². The topological polar surface area (TPSA) is 111 Å². The van der Waals surface area contributed by atoms with Gasteiger partial charge in [0.1, 0.15) is 19.3 Å². The van der Waals surface area contributed by atoms with Crippen LogP contribution in [0.15, 0.2) is 85.1 Å². The minimum Gasteiger partial charge on any atom is -0.456 e. The summed E-state index contributed by atoms with van der Waals surface area (Å²) < 4.78 is 30.5. The average molecular weight is 972 g/mol. The molecule has 1 amide bonds. The number of amides is 1. The summed E-state index contributed by atoms with van der Waals surface area (Å²) >= 11 is 0. The van der Waals surface area contributed by atoms with E-state index in [-0.39, 0.29) is 31.5 Å². The SMILES string of the molecule is CC\C=C/C=C/C=C/C=C\C=C\C=C\CCCCCC(=O)OC(/C=C/CCCCCCCCCCCC)C(COP(=O)(O)OCC[N+](C)(C)C)NC(=O)CCCCCCCCCCCCCCC. The summed E-state index contributed by atoms with van der Waals surface area (Å²) in [5.41, 5.74) is 0. The fourth-order valence-corrected chi connectivity index (χ4v) is 8.24. The van der Waals surface area contributed by atoms with E-state index >= 15 is 0 Å². The molecular formula is C58H104N2O7P+. The van der Waals surface area contributed by atoms with Crippen LogP contribution in [0.4, 0.5) is 0 Å². The van der Waals surface area contributed by atoms with Crippen LogP contribution in [0.25, 0.3) is 0 Å². The largest absolute Gasteiger partial charge is 0.472 e. The molecule has 0 aromatic rings. The first-order valence-electron chi connectivity index (χ1n) is 27.5. The number of nitrogens with zero attached hydrogens (tertiary/aromatic N) is 1. The summed E-state index contributed by atoms with van der Waals surface area (Å²) in [6.07, 6.45) is 61.4. The number of phosphoric acid groups is 1. The lowest BCUT2D eigenvalue weighted by atomic mass is 10.0. The highest BCUT2D eigenvalue weighted by Crippen LogP contribution is 2.43. The number of nitrogens with one attached hydrogen (secondary N) is 1. The number of ether oxygens (including phenoxy) is 1. The molecule has 0 fully saturated rings. The number of allylic oxidation sites excluding steroid dienone is 13. The maximum absolute atomic E-state index is 13.5. The predicted molar refractivity (Wildman–Crippen MR) is 291 cm³/mol. The number of hydrogen-bond acceptors (Lipinski definition) is 6. The van der Waals surface area contributed by atoms with Crippen LogP contribution in [0.3, 0.4) is 0 Å². The van der Waals surface area contributed by atoms with Crippen LogP contribution in [0, 0.1) is 0 Å². The van der Waals surface area contributed by atoms with Gasteiger partial charge < -0.3 is 19.4 Å². The Kier molecular flexibility index (Phi) is 45.9. The van der Waals surface area contributed by atoms with Crippen LogP contribution < -0.4 is 5.32 Å². The molecule has 0 rings (SSSR count). The zero-order chi connectivity index (χ0) is 50.1. The van der Waals surface area contributed by atoms with E-state index in [1.807, 2.05) is 94.1 Å². The van der Waals surface area contributed by atoms with Gasteiger partial charge in [0.25, 0.3) is 0 Å².